The Morgan fingerprint density at radius 2 is 2.06 bits per heavy atom. The van der Waals surface area contributed by atoms with Crippen LogP contribution in [0.4, 0.5) is 0 Å². The van der Waals surface area contributed by atoms with Crippen LogP contribution in [0.3, 0.4) is 0 Å². The molecule has 0 fully saturated rings. The third-order valence-corrected chi connectivity index (χ3v) is 2.57. The minimum atomic E-state index is 0. The zero-order valence-corrected chi connectivity index (χ0v) is 11.2. The highest BCUT2D eigenvalue weighted by molar-refractivity contribution is 5.85. The molecule has 4 heteroatoms. The van der Waals surface area contributed by atoms with Crippen LogP contribution in [0, 0.1) is 0 Å². The number of nitrogens with two attached hydrogens (primary N) is 2. The van der Waals surface area contributed by atoms with Gasteiger partial charge in [-0.1, -0.05) is 18.6 Å². The van der Waals surface area contributed by atoms with Gasteiger partial charge in [0.2, 0.25) is 0 Å². The van der Waals surface area contributed by atoms with Crippen LogP contribution in [0.2, 0.25) is 0 Å². The average Bonchev–Trinajstić information content (AvgIpc) is 2.30. The van der Waals surface area contributed by atoms with E-state index in [1.54, 1.807) is 0 Å². The molecule has 1 aromatic rings. The van der Waals surface area contributed by atoms with Gasteiger partial charge in [0, 0.05) is 6.04 Å². The standard InChI is InChI=1S/C13H22N2O.ClH/c1-2-16-12-7-5-6-11(10-12)13(15)8-3-4-9-14;/h5-7,10,13H,2-4,8-9,14-15H2,1H3;1H/t13-;/m1./s1. The second-order valence-corrected chi connectivity index (χ2v) is 3.90. The van der Waals surface area contributed by atoms with Crippen molar-refractivity contribution >= 4 is 12.4 Å². The molecule has 0 unspecified atom stereocenters. The van der Waals surface area contributed by atoms with E-state index in [-0.39, 0.29) is 18.4 Å². The number of hydrogen-bond acceptors (Lipinski definition) is 3. The monoisotopic (exact) mass is 258 g/mol. The van der Waals surface area contributed by atoms with Gasteiger partial charge >= 0.3 is 0 Å². The van der Waals surface area contributed by atoms with Crippen molar-refractivity contribution in [2.24, 2.45) is 11.5 Å². The minimum Gasteiger partial charge on any atom is -0.494 e. The lowest BCUT2D eigenvalue weighted by molar-refractivity contribution is 0.339. The predicted molar refractivity (Wildman–Crippen MR) is 74.7 cm³/mol. The van der Waals surface area contributed by atoms with Crippen molar-refractivity contribution in [2.45, 2.75) is 32.2 Å². The molecule has 0 heterocycles. The smallest absolute Gasteiger partial charge is 0.119 e. The summed E-state index contributed by atoms with van der Waals surface area (Å²) in [4.78, 5) is 0. The fraction of sp³-hybridized carbons (Fsp3) is 0.538. The molecule has 0 bridgehead atoms. The maximum absolute atomic E-state index is 6.10. The number of rotatable bonds is 7. The summed E-state index contributed by atoms with van der Waals surface area (Å²) < 4.78 is 5.45. The van der Waals surface area contributed by atoms with Crippen LogP contribution < -0.4 is 16.2 Å². The first-order valence-electron chi connectivity index (χ1n) is 5.96. The highest BCUT2D eigenvalue weighted by Gasteiger charge is 2.06. The Kier molecular flexibility index (Phi) is 8.86. The Morgan fingerprint density at radius 1 is 1.29 bits per heavy atom. The summed E-state index contributed by atoms with van der Waals surface area (Å²) in [5.74, 6) is 0.897. The molecule has 17 heavy (non-hydrogen) atoms. The molecule has 1 rings (SSSR count). The van der Waals surface area contributed by atoms with Crippen molar-refractivity contribution in [1.29, 1.82) is 0 Å². The average molecular weight is 259 g/mol. The maximum atomic E-state index is 6.10. The molecule has 0 radical (unpaired) electrons. The Bertz CT molecular complexity index is 307. The van der Waals surface area contributed by atoms with E-state index in [1.165, 1.54) is 0 Å². The van der Waals surface area contributed by atoms with E-state index in [0.717, 1.165) is 37.1 Å². The molecule has 0 aromatic heterocycles. The summed E-state index contributed by atoms with van der Waals surface area (Å²) in [6.45, 7) is 3.41. The van der Waals surface area contributed by atoms with Crippen molar-refractivity contribution in [3.63, 3.8) is 0 Å². The van der Waals surface area contributed by atoms with Crippen molar-refractivity contribution in [1.82, 2.24) is 0 Å². The van der Waals surface area contributed by atoms with Gasteiger partial charge in [0.25, 0.3) is 0 Å². The van der Waals surface area contributed by atoms with E-state index in [9.17, 15) is 0 Å². The van der Waals surface area contributed by atoms with Crippen LogP contribution in [0.15, 0.2) is 24.3 Å². The lowest BCUT2D eigenvalue weighted by atomic mass is 10.0. The maximum Gasteiger partial charge on any atom is 0.119 e. The lowest BCUT2D eigenvalue weighted by Crippen LogP contribution is -2.11. The number of hydrogen-bond donors (Lipinski definition) is 2. The SMILES string of the molecule is CCOc1cccc([C@H](N)CCCCN)c1.Cl. The fourth-order valence-corrected chi connectivity index (χ4v) is 1.68. The van der Waals surface area contributed by atoms with Gasteiger partial charge in [-0.15, -0.1) is 12.4 Å². The summed E-state index contributed by atoms with van der Waals surface area (Å²) in [7, 11) is 0. The first-order valence-corrected chi connectivity index (χ1v) is 5.96. The second kappa shape index (κ2) is 9.28. The fourth-order valence-electron chi connectivity index (χ4n) is 1.68. The molecule has 0 amide bonds. The van der Waals surface area contributed by atoms with Crippen LogP contribution in [0.5, 0.6) is 5.75 Å². The first-order chi connectivity index (χ1) is 7.77. The van der Waals surface area contributed by atoms with Gasteiger partial charge in [-0.25, -0.2) is 0 Å². The number of unbranched alkanes of at least 4 members (excludes halogenated alkanes) is 1. The molecule has 0 spiro atoms. The molecule has 0 saturated carbocycles. The lowest BCUT2D eigenvalue weighted by Gasteiger charge is -2.13. The van der Waals surface area contributed by atoms with Gasteiger partial charge in [-0.05, 0) is 44.0 Å². The highest BCUT2D eigenvalue weighted by atomic mass is 35.5. The van der Waals surface area contributed by atoms with E-state index in [1.807, 2.05) is 25.1 Å². The predicted octanol–water partition coefficient (Wildman–Crippen LogP) is 2.64. The van der Waals surface area contributed by atoms with Crippen molar-refractivity contribution in [3.8, 4) is 5.75 Å². The zero-order chi connectivity index (χ0) is 11.8. The van der Waals surface area contributed by atoms with Crippen LogP contribution in [0.25, 0.3) is 0 Å². The van der Waals surface area contributed by atoms with E-state index in [4.69, 9.17) is 16.2 Å². The first kappa shape index (κ1) is 16.2. The Labute approximate surface area is 110 Å². The summed E-state index contributed by atoms with van der Waals surface area (Å²) in [5, 5.41) is 0. The number of halogens is 1. The van der Waals surface area contributed by atoms with Crippen molar-refractivity contribution in [3.05, 3.63) is 29.8 Å². The van der Waals surface area contributed by atoms with E-state index >= 15 is 0 Å². The molecule has 98 valence electrons. The third kappa shape index (κ3) is 5.91. The van der Waals surface area contributed by atoms with Crippen LogP contribution in [-0.2, 0) is 0 Å². The molecular weight excluding hydrogens is 236 g/mol. The van der Waals surface area contributed by atoms with E-state index < -0.39 is 0 Å². The van der Waals surface area contributed by atoms with Crippen LogP contribution in [-0.4, -0.2) is 13.2 Å². The number of ether oxygens (including phenoxy) is 1. The topological polar surface area (TPSA) is 61.3 Å². The molecule has 1 aromatic carbocycles. The molecule has 4 N–H and O–H groups in total. The highest BCUT2D eigenvalue weighted by Crippen LogP contribution is 2.21. The summed E-state index contributed by atoms with van der Waals surface area (Å²) in [6.07, 6.45) is 3.10. The van der Waals surface area contributed by atoms with Crippen LogP contribution in [0.1, 0.15) is 37.8 Å². The Hall–Kier alpha value is -0.770. The van der Waals surface area contributed by atoms with Gasteiger partial charge in [0.15, 0.2) is 0 Å². The summed E-state index contributed by atoms with van der Waals surface area (Å²) in [5.41, 5.74) is 12.7. The number of benzene rings is 1. The van der Waals surface area contributed by atoms with E-state index in [0.29, 0.717) is 6.61 Å². The van der Waals surface area contributed by atoms with Crippen LogP contribution >= 0.6 is 12.4 Å². The molecule has 1 atom stereocenters. The molecular formula is C13H23ClN2O. The second-order valence-electron chi connectivity index (χ2n) is 3.90. The molecule has 0 aliphatic rings. The van der Waals surface area contributed by atoms with Crippen molar-refractivity contribution < 1.29 is 4.74 Å². The Morgan fingerprint density at radius 3 is 2.71 bits per heavy atom. The summed E-state index contributed by atoms with van der Waals surface area (Å²) in [6, 6.07) is 8.11. The minimum absolute atomic E-state index is 0. The Balaban J connectivity index is 0.00000256. The van der Waals surface area contributed by atoms with Gasteiger partial charge in [0.05, 0.1) is 6.61 Å². The van der Waals surface area contributed by atoms with Gasteiger partial charge in [0.1, 0.15) is 5.75 Å². The normalized spacial score (nSPS) is 11.7. The zero-order valence-electron chi connectivity index (χ0n) is 10.4. The molecule has 3 nitrogen and oxygen atoms in total. The third-order valence-electron chi connectivity index (χ3n) is 2.57. The van der Waals surface area contributed by atoms with Gasteiger partial charge in [-0.3, -0.25) is 0 Å². The molecule has 0 aliphatic carbocycles. The van der Waals surface area contributed by atoms with Crippen molar-refractivity contribution in [2.75, 3.05) is 13.2 Å². The largest absolute Gasteiger partial charge is 0.494 e. The summed E-state index contributed by atoms with van der Waals surface area (Å²) >= 11 is 0. The van der Waals surface area contributed by atoms with E-state index in [2.05, 4.69) is 6.07 Å². The van der Waals surface area contributed by atoms with Gasteiger partial charge < -0.3 is 16.2 Å². The molecule has 0 saturated heterocycles. The quantitative estimate of drug-likeness (QED) is 0.739. The van der Waals surface area contributed by atoms with Gasteiger partial charge in [-0.2, -0.15) is 0 Å². The molecule has 0 aliphatic heterocycles.